The summed E-state index contributed by atoms with van der Waals surface area (Å²) in [7, 11) is 2.81. The van der Waals surface area contributed by atoms with Crippen molar-refractivity contribution in [3.05, 3.63) is 0 Å². The molecule has 9 nitrogen and oxygen atoms in total. The maximum atomic E-state index is 12.7. The SMILES string of the molecule is CON(C)C(=O)C(C[C@@H]1CCNC1=O)N(C(=O)CNC=O)C(C)C. The molecule has 0 saturated carbocycles. The van der Waals surface area contributed by atoms with E-state index in [2.05, 4.69) is 10.6 Å². The molecule has 136 valence electrons. The maximum absolute atomic E-state index is 12.7. The quantitative estimate of drug-likeness (QED) is 0.408. The molecule has 2 N–H and O–H groups in total. The van der Waals surface area contributed by atoms with Crippen molar-refractivity contribution < 1.29 is 24.0 Å². The van der Waals surface area contributed by atoms with Gasteiger partial charge in [-0.05, 0) is 26.7 Å². The van der Waals surface area contributed by atoms with Gasteiger partial charge in [-0.3, -0.25) is 24.0 Å². The second kappa shape index (κ2) is 9.21. The molecule has 2 atom stereocenters. The molecule has 0 spiro atoms. The highest BCUT2D eigenvalue weighted by atomic mass is 16.7. The van der Waals surface area contributed by atoms with E-state index in [9.17, 15) is 19.2 Å². The number of nitrogens with zero attached hydrogens (tertiary/aromatic N) is 2. The normalized spacial score (nSPS) is 18.0. The van der Waals surface area contributed by atoms with E-state index in [1.54, 1.807) is 13.8 Å². The van der Waals surface area contributed by atoms with Crippen LogP contribution >= 0.6 is 0 Å². The van der Waals surface area contributed by atoms with Gasteiger partial charge in [0.25, 0.3) is 5.91 Å². The Bertz CT molecular complexity index is 482. The van der Waals surface area contributed by atoms with Crippen LogP contribution in [0.1, 0.15) is 26.7 Å². The minimum absolute atomic E-state index is 0.116. The predicted molar refractivity (Wildman–Crippen MR) is 85.3 cm³/mol. The monoisotopic (exact) mass is 342 g/mol. The van der Waals surface area contributed by atoms with Crippen molar-refractivity contribution >= 4 is 24.1 Å². The van der Waals surface area contributed by atoms with Crippen LogP contribution in [0, 0.1) is 5.92 Å². The Morgan fingerprint density at radius 2 is 2.12 bits per heavy atom. The van der Waals surface area contributed by atoms with Crippen molar-refractivity contribution in [2.45, 2.75) is 38.8 Å². The Balaban J connectivity index is 3.05. The van der Waals surface area contributed by atoms with E-state index in [0.29, 0.717) is 19.4 Å². The summed E-state index contributed by atoms with van der Waals surface area (Å²) in [6.45, 7) is 3.91. The largest absolute Gasteiger partial charge is 0.356 e. The number of amides is 4. The van der Waals surface area contributed by atoms with E-state index < -0.39 is 17.9 Å². The molecule has 1 rings (SSSR count). The smallest absolute Gasteiger partial charge is 0.268 e. The lowest BCUT2D eigenvalue weighted by Gasteiger charge is -2.36. The van der Waals surface area contributed by atoms with Crippen LogP contribution in [0.3, 0.4) is 0 Å². The topological polar surface area (TPSA) is 108 Å². The number of hydroxylamine groups is 2. The molecule has 0 radical (unpaired) electrons. The van der Waals surface area contributed by atoms with Gasteiger partial charge in [0.05, 0.1) is 13.7 Å². The molecule has 4 amide bonds. The second-order valence-corrected chi connectivity index (χ2v) is 5.94. The molecule has 1 heterocycles. The van der Waals surface area contributed by atoms with E-state index in [4.69, 9.17) is 4.84 Å². The highest BCUT2D eigenvalue weighted by Crippen LogP contribution is 2.22. The molecule has 1 aliphatic heterocycles. The van der Waals surface area contributed by atoms with E-state index in [-0.39, 0.29) is 30.8 Å². The molecule has 0 aromatic carbocycles. The summed E-state index contributed by atoms with van der Waals surface area (Å²) < 4.78 is 0. The highest BCUT2D eigenvalue weighted by molar-refractivity contribution is 5.89. The van der Waals surface area contributed by atoms with Gasteiger partial charge >= 0.3 is 0 Å². The van der Waals surface area contributed by atoms with Crippen molar-refractivity contribution in [1.29, 1.82) is 0 Å². The van der Waals surface area contributed by atoms with Crippen LogP contribution in [0.4, 0.5) is 0 Å². The van der Waals surface area contributed by atoms with Gasteiger partial charge in [-0.15, -0.1) is 0 Å². The van der Waals surface area contributed by atoms with Gasteiger partial charge in [-0.2, -0.15) is 0 Å². The van der Waals surface area contributed by atoms with Crippen LogP contribution in [0.25, 0.3) is 0 Å². The van der Waals surface area contributed by atoms with Gasteiger partial charge in [0, 0.05) is 25.6 Å². The summed E-state index contributed by atoms with van der Waals surface area (Å²) in [5.41, 5.74) is 0. The fourth-order valence-electron chi connectivity index (χ4n) is 2.81. The third-order valence-corrected chi connectivity index (χ3v) is 4.06. The van der Waals surface area contributed by atoms with Gasteiger partial charge in [-0.25, -0.2) is 5.06 Å². The molecule has 0 aromatic rings. The lowest BCUT2D eigenvalue weighted by molar-refractivity contribution is -0.178. The van der Waals surface area contributed by atoms with Gasteiger partial charge in [0.2, 0.25) is 18.2 Å². The summed E-state index contributed by atoms with van der Waals surface area (Å²) >= 11 is 0. The molecular formula is C15H26N4O5. The van der Waals surface area contributed by atoms with E-state index in [1.165, 1.54) is 19.1 Å². The zero-order chi connectivity index (χ0) is 18.3. The maximum Gasteiger partial charge on any atom is 0.268 e. The molecule has 24 heavy (non-hydrogen) atoms. The average Bonchev–Trinajstić information content (AvgIpc) is 2.95. The van der Waals surface area contributed by atoms with Crippen LogP contribution in [0.15, 0.2) is 0 Å². The summed E-state index contributed by atoms with van der Waals surface area (Å²) in [4.78, 5) is 53.8. The third-order valence-electron chi connectivity index (χ3n) is 4.06. The van der Waals surface area contributed by atoms with E-state index >= 15 is 0 Å². The van der Waals surface area contributed by atoms with Crippen molar-refractivity contribution in [3.63, 3.8) is 0 Å². The molecular weight excluding hydrogens is 316 g/mol. The second-order valence-electron chi connectivity index (χ2n) is 5.94. The Morgan fingerprint density at radius 1 is 1.46 bits per heavy atom. The Hall–Kier alpha value is -2.16. The zero-order valence-electron chi connectivity index (χ0n) is 14.6. The Kier molecular flexibility index (Phi) is 7.63. The summed E-state index contributed by atoms with van der Waals surface area (Å²) in [6, 6.07) is -1.13. The van der Waals surface area contributed by atoms with Crippen molar-refractivity contribution in [3.8, 4) is 0 Å². The number of nitrogens with one attached hydrogen (secondary N) is 2. The fraction of sp³-hybridized carbons (Fsp3) is 0.733. The van der Waals surface area contributed by atoms with Crippen LogP contribution in [0.2, 0.25) is 0 Å². The predicted octanol–water partition coefficient (Wildman–Crippen LogP) is -1.12. The van der Waals surface area contributed by atoms with Crippen molar-refractivity contribution in [2.75, 3.05) is 27.2 Å². The number of hydrogen-bond acceptors (Lipinski definition) is 5. The van der Waals surface area contributed by atoms with E-state index in [1.807, 2.05) is 0 Å². The number of carbonyl (C=O) groups excluding carboxylic acids is 4. The zero-order valence-corrected chi connectivity index (χ0v) is 14.6. The van der Waals surface area contributed by atoms with Crippen molar-refractivity contribution in [2.24, 2.45) is 5.92 Å². The van der Waals surface area contributed by atoms with Crippen molar-refractivity contribution in [1.82, 2.24) is 20.6 Å². The number of hydrogen-bond donors (Lipinski definition) is 2. The van der Waals surface area contributed by atoms with Gasteiger partial charge in [0.1, 0.15) is 6.04 Å². The molecule has 1 unspecified atom stereocenters. The Labute approximate surface area is 141 Å². The third kappa shape index (κ3) is 4.92. The first kappa shape index (κ1) is 19.9. The van der Waals surface area contributed by atoms with Gasteiger partial charge in [0.15, 0.2) is 0 Å². The van der Waals surface area contributed by atoms with Gasteiger partial charge < -0.3 is 15.5 Å². The highest BCUT2D eigenvalue weighted by Gasteiger charge is 2.38. The summed E-state index contributed by atoms with van der Waals surface area (Å²) in [6.07, 6.45) is 1.26. The molecule has 0 aliphatic carbocycles. The van der Waals surface area contributed by atoms with Crippen LogP contribution in [0.5, 0.6) is 0 Å². The summed E-state index contributed by atoms with van der Waals surface area (Å²) in [5, 5.41) is 6.10. The first-order valence-corrected chi connectivity index (χ1v) is 7.91. The number of rotatable bonds is 9. The van der Waals surface area contributed by atoms with Gasteiger partial charge in [-0.1, -0.05) is 0 Å². The average molecular weight is 342 g/mol. The first-order chi connectivity index (χ1) is 11.3. The number of carbonyl (C=O) groups is 4. The molecule has 0 bridgehead atoms. The van der Waals surface area contributed by atoms with Crippen LogP contribution < -0.4 is 10.6 Å². The van der Waals surface area contributed by atoms with Crippen LogP contribution in [-0.2, 0) is 24.0 Å². The Morgan fingerprint density at radius 3 is 2.58 bits per heavy atom. The minimum Gasteiger partial charge on any atom is -0.356 e. The molecule has 1 saturated heterocycles. The molecule has 1 fully saturated rings. The molecule has 9 heteroatoms. The van der Waals surface area contributed by atoms with Crippen LogP contribution in [-0.4, -0.2) is 73.4 Å². The minimum atomic E-state index is -0.843. The fourth-order valence-corrected chi connectivity index (χ4v) is 2.81. The molecule has 0 aromatic heterocycles. The van der Waals surface area contributed by atoms with E-state index in [0.717, 1.165) is 5.06 Å². The lowest BCUT2D eigenvalue weighted by Crippen LogP contribution is -2.55. The lowest BCUT2D eigenvalue weighted by atomic mass is 9.95. The first-order valence-electron chi connectivity index (χ1n) is 7.91. The number of likely N-dealkylation sites (N-methyl/N-ethyl adjacent to an activating group) is 1. The standard InChI is InChI=1S/C15H26N4O5/c1-10(2)19(13(21)8-16-9-20)12(15(23)18(3)24-4)7-11-5-6-17-14(11)22/h9-12H,5-8H2,1-4H3,(H,16,20)(H,17,22)/t11-,12?/m0/s1. The molecule has 1 aliphatic rings. The summed E-state index contributed by atoms with van der Waals surface area (Å²) in [5.74, 6) is -1.25.